The summed E-state index contributed by atoms with van der Waals surface area (Å²) in [4.78, 5) is 24.2. The Kier molecular flexibility index (Phi) is 6.97. The summed E-state index contributed by atoms with van der Waals surface area (Å²) in [6.07, 6.45) is 5.56. The highest BCUT2D eigenvalue weighted by Crippen LogP contribution is 2.35. The van der Waals surface area contributed by atoms with E-state index in [1.165, 1.54) is 11.3 Å². The van der Waals surface area contributed by atoms with Crippen LogP contribution in [0.4, 0.5) is 5.13 Å². The number of pyridine rings is 1. The Morgan fingerprint density at radius 2 is 1.94 bits per heavy atom. The monoisotopic (exact) mass is 447 g/mol. The molecule has 0 saturated carbocycles. The second-order valence-electron chi connectivity index (χ2n) is 7.28. The molecule has 0 fully saturated rings. The van der Waals surface area contributed by atoms with Gasteiger partial charge in [0.1, 0.15) is 17.0 Å². The fraction of sp³-hybridized carbons (Fsp3) is 0.240. The second kappa shape index (κ2) is 10.2. The molecule has 0 bridgehead atoms. The van der Waals surface area contributed by atoms with Crippen LogP contribution in [0.5, 0.6) is 11.5 Å². The van der Waals surface area contributed by atoms with Gasteiger partial charge in [0.25, 0.3) is 5.91 Å². The summed E-state index contributed by atoms with van der Waals surface area (Å²) in [7, 11) is 1.62. The number of carbonyl (C=O) groups is 1. The Hall–Kier alpha value is -3.45. The Balaban J connectivity index is 1.66. The first-order valence-corrected chi connectivity index (χ1v) is 11.4. The fourth-order valence-corrected chi connectivity index (χ4v) is 4.26. The van der Waals surface area contributed by atoms with E-state index in [1.54, 1.807) is 36.5 Å². The van der Waals surface area contributed by atoms with Gasteiger partial charge >= 0.3 is 0 Å². The number of thiazole rings is 1. The lowest BCUT2D eigenvalue weighted by atomic mass is 10.1. The predicted molar refractivity (Wildman–Crippen MR) is 128 cm³/mol. The third-order valence-electron chi connectivity index (χ3n) is 5.00. The second-order valence-corrected chi connectivity index (χ2v) is 8.29. The number of benzene rings is 2. The van der Waals surface area contributed by atoms with Crippen molar-refractivity contribution in [2.24, 2.45) is 0 Å². The minimum Gasteiger partial charge on any atom is -0.494 e. The third-order valence-corrected chi connectivity index (χ3v) is 6.04. The molecule has 0 radical (unpaired) electrons. The predicted octanol–water partition coefficient (Wildman–Crippen LogP) is 5.73. The topological polar surface area (TPSA) is 64.5 Å². The van der Waals surface area contributed by atoms with E-state index >= 15 is 0 Å². The van der Waals surface area contributed by atoms with Crippen LogP contribution < -0.4 is 14.4 Å². The van der Waals surface area contributed by atoms with Crippen LogP contribution >= 0.6 is 11.3 Å². The van der Waals surface area contributed by atoms with Crippen LogP contribution in [-0.4, -0.2) is 29.6 Å². The lowest BCUT2D eigenvalue weighted by Gasteiger charge is -2.20. The molecule has 4 aromatic rings. The number of anilines is 1. The maximum Gasteiger partial charge on any atom is 0.260 e. The molecule has 7 heteroatoms. The minimum absolute atomic E-state index is 0.132. The van der Waals surface area contributed by atoms with Crippen molar-refractivity contribution in [1.29, 1.82) is 0 Å². The van der Waals surface area contributed by atoms with Gasteiger partial charge in [-0.1, -0.05) is 36.8 Å². The van der Waals surface area contributed by atoms with Crippen LogP contribution in [0.25, 0.3) is 10.2 Å². The molecule has 32 heavy (non-hydrogen) atoms. The first kappa shape index (κ1) is 21.8. The van der Waals surface area contributed by atoms with E-state index in [2.05, 4.69) is 11.9 Å². The normalized spacial score (nSPS) is 10.8. The number of aromatic nitrogens is 2. The highest BCUT2D eigenvalue weighted by atomic mass is 32.1. The van der Waals surface area contributed by atoms with Crippen molar-refractivity contribution in [2.45, 2.75) is 26.3 Å². The number of para-hydroxylation sites is 1. The minimum atomic E-state index is -0.132. The molecule has 164 valence electrons. The molecule has 0 unspecified atom stereocenters. The third kappa shape index (κ3) is 4.89. The number of hydrogen-bond acceptors (Lipinski definition) is 6. The van der Waals surface area contributed by atoms with Crippen LogP contribution in [0.3, 0.4) is 0 Å². The summed E-state index contributed by atoms with van der Waals surface area (Å²) in [6, 6.07) is 16.9. The summed E-state index contributed by atoms with van der Waals surface area (Å²) < 4.78 is 12.1. The molecule has 4 rings (SSSR count). The molecule has 2 aromatic carbocycles. The van der Waals surface area contributed by atoms with Gasteiger partial charge in [-0.05, 0) is 54.4 Å². The lowest BCUT2D eigenvalue weighted by Crippen LogP contribution is -2.30. The van der Waals surface area contributed by atoms with Gasteiger partial charge < -0.3 is 9.47 Å². The van der Waals surface area contributed by atoms with Gasteiger partial charge in [-0.25, -0.2) is 4.98 Å². The number of hydrogen-bond donors (Lipinski definition) is 0. The SMILES string of the molecule is CCCCOc1ccc(C(=O)N(Cc2cccnc2)c2nc3c(OC)cccc3s2)cc1. The summed E-state index contributed by atoms with van der Waals surface area (Å²) >= 11 is 1.46. The zero-order valence-corrected chi connectivity index (χ0v) is 19.0. The number of fused-ring (bicyclic) bond motifs is 1. The van der Waals surface area contributed by atoms with Crippen LogP contribution in [0.2, 0.25) is 0 Å². The summed E-state index contributed by atoms with van der Waals surface area (Å²) in [5, 5.41) is 0.613. The van der Waals surface area contributed by atoms with Gasteiger partial charge in [-0.15, -0.1) is 0 Å². The van der Waals surface area contributed by atoms with Gasteiger partial charge in [-0.2, -0.15) is 0 Å². The van der Waals surface area contributed by atoms with E-state index in [1.807, 2.05) is 42.5 Å². The molecule has 0 atom stereocenters. The van der Waals surface area contributed by atoms with Crippen LogP contribution in [0.15, 0.2) is 67.0 Å². The molecule has 1 amide bonds. The zero-order chi connectivity index (χ0) is 22.3. The quantitative estimate of drug-likeness (QED) is 0.307. The van der Waals surface area contributed by atoms with E-state index in [-0.39, 0.29) is 5.91 Å². The molecule has 2 heterocycles. The Bertz CT molecular complexity index is 1180. The Morgan fingerprint density at radius 3 is 2.66 bits per heavy atom. The smallest absolute Gasteiger partial charge is 0.260 e. The van der Waals surface area contributed by atoms with Gasteiger partial charge in [0.15, 0.2) is 5.13 Å². The number of carbonyl (C=O) groups excluding carboxylic acids is 1. The first-order valence-electron chi connectivity index (χ1n) is 10.6. The molecule has 2 aromatic heterocycles. The van der Waals surface area contributed by atoms with Crippen molar-refractivity contribution < 1.29 is 14.3 Å². The van der Waals surface area contributed by atoms with Gasteiger partial charge in [0, 0.05) is 18.0 Å². The van der Waals surface area contributed by atoms with E-state index in [9.17, 15) is 4.79 Å². The fourth-order valence-electron chi connectivity index (χ4n) is 3.28. The van der Waals surface area contributed by atoms with E-state index < -0.39 is 0 Å². The molecular weight excluding hydrogens is 422 g/mol. The van der Waals surface area contributed by atoms with Crippen molar-refractivity contribution in [2.75, 3.05) is 18.6 Å². The first-order chi connectivity index (χ1) is 15.7. The van der Waals surface area contributed by atoms with E-state index in [0.717, 1.165) is 34.4 Å². The Labute approximate surface area is 191 Å². The molecule has 0 saturated heterocycles. The Morgan fingerprint density at radius 1 is 1.09 bits per heavy atom. The number of unbranched alkanes of at least 4 members (excludes halogenated alkanes) is 1. The van der Waals surface area contributed by atoms with E-state index in [4.69, 9.17) is 14.5 Å². The molecule has 0 aliphatic heterocycles. The van der Waals surface area contributed by atoms with Crippen molar-refractivity contribution >= 4 is 32.6 Å². The zero-order valence-electron chi connectivity index (χ0n) is 18.2. The van der Waals surface area contributed by atoms with Gasteiger partial charge in [0.05, 0.1) is 25.0 Å². The van der Waals surface area contributed by atoms with Crippen LogP contribution in [0, 0.1) is 0 Å². The average Bonchev–Trinajstić information content (AvgIpc) is 3.27. The molecule has 0 spiro atoms. The molecule has 6 nitrogen and oxygen atoms in total. The highest BCUT2D eigenvalue weighted by molar-refractivity contribution is 7.22. The number of methoxy groups -OCH3 is 1. The number of rotatable bonds is 9. The van der Waals surface area contributed by atoms with Crippen molar-refractivity contribution in [3.63, 3.8) is 0 Å². The summed E-state index contributed by atoms with van der Waals surface area (Å²) in [6.45, 7) is 3.16. The van der Waals surface area contributed by atoms with Gasteiger partial charge in [-0.3, -0.25) is 14.7 Å². The van der Waals surface area contributed by atoms with Crippen molar-refractivity contribution in [1.82, 2.24) is 9.97 Å². The molecule has 0 N–H and O–H groups in total. The maximum absolute atomic E-state index is 13.6. The lowest BCUT2D eigenvalue weighted by molar-refractivity contribution is 0.0985. The summed E-state index contributed by atoms with van der Waals surface area (Å²) in [5.74, 6) is 1.32. The number of nitrogens with zero attached hydrogens (tertiary/aromatic N) is 3. The molecule has 0 aliphatic carbocycles. The number of amides is 1. The van der Waals surface area contributed by atoms with Crippen LogP contribution in [0.1, 0.15) is 35.7 Å². The number of ether oxygens (including phenoxy) is 2. The molecule has 0 aliphatic rings. The average molecular weight is 448 g/mol. The van der Waals surface area contributed by atoms with E-state index in [0.29, 0.717) is 29.6 Å². The van der Waals surface area contributed by atoms with Crippen LogP contribution in [-0.2, 0) is 6.54 Å². The van der Waals surface area contributed by atoms with Crippen molar-refractivity contribution in [3.8, 4) is 11.5 Å². The highest BCUT2D eigenvalue weighted by Gasteiger charge is 2.23. The van der Waals surface area contributed by atoms with Crippen molar-refractivity contribution in [3.05, 3.63) is 78.1 Å². The largest absolute Gasteiger partial charge is 0.494 e. The maximum atomic E-state index is 13.6. The molecular formula is C25H25N3O3S. The van der Waals surface area contributed by atoms with Gasteiger partial charge in [0.2, 0.25) is 0 Å². The summed E-state index contributed by atoms with van der Waals surface area (Å²) in [5.41, 5.74) is 2.24. The standard InChI is InChI=1S/C25H25N3O3S/c1-3-4-15-31-20-12-10-19(11-13-20)24(29)28(17-18-7-6-14-26-16-18)25-27-23-21(30-2)8-5-9-22(23)32-25/h5-14,16H,3-4,15,17H2,1-2H3.